The summed E-state index contributed by atoms with van der Waals surface area (Å²) in [5.74, 6) is 3.26. The highest BCUT2D eigenvalue weighted by Crippen LogP contribution is 2.38. The van der Waals surface area contributed by atoms with Crippen LogP contribution in [0.1, 0.15) is 64.2 Å². The topological polar surface area (TPSA) is 136 Å². The molecule has 0 saturated carbocycles. The molecule has 0 N–H and O–H groups in total. The van der Waals surface area contributed by atoms with Crippen LogP contribution in [0.3, 0.4) is 0 Å². The quantitative estimate of drug-likeness (QED) is 0.233. The van der Waals surface area contributed by atoms with Crippen LogP contribution in [-0.4, -0.2) is 122 Å². The van der Waals surface area contributed by atoms with Gasteiger partial charge in [0.15, 0.2) is 23.0 Å². The molecule has 288 valence electrons. The number of benzene rings is 2. The molecule has 2 atom stereocenters. The Morgan fingerprint density at radius 1 is 0.537 bits per heavy atom. The first-order chi connectivity index (χ1) is 26.4. The minimum atomic E-state index is 0.273. The zero-order chi connectivity index (χ0) is 37.6. The van der Waals surface area contributed by atoms with Crippen LogP contribution in [0, 0.1) is 0 Å². The molecule has 8 rings (SSSR count). The highest BCUT2D eigenvalue weighted by Gasteiger charge is 2.32. The van der Waals surface area contributed by atoms with Crippen LogP contribution >= 0.6 is 0 Å². The first kappa shape index (κ1) is 37.2. The zero-order valence-corrected chi connectivity index (χ0v) is 32.0. The maximum atomic E-state index is 12.4. The second kappa shape index (κ2) is 16.9. The number of methoxy groups -OCH3 is 4. The summed E-state index contributed by atoms with van der Waals surface area (Å²) in [5, 5.41) is 18.9. The first-order valence-corrected chi connectivity index (χ1v) is 19.3. The number of likely N-dealkylation sites (tertiary alicyclic amines) is 2. The van der Waals surface area contributed by atoms with E-state index in [0.717, 1.165) is 124 Å². The van der Waals surface area contributed by atoms with E-state index in [1.54, 1.807) is 28.4 Å². The van der Waals surface area contributed by atoms with E-state index < -0.39 is 0 Å². The summed E-state index contributed by atoms with van der Waals surface area (Å²) in [6, 6.07) is 8.20. The molecule has 4 saturated heterocycles. The fourth-order valence-corrected chi connectivity index (χ4v) is 8.53. The van der Waals surface area contributed by atoms with Gasteiger partial charge in [-0.25, -0.2) is 0 Å². The molecule has 0 radical (unpaired) electrons. The van der Waals surface area contributed by atoms with Crippen molar-refractivity contribution in [3.8, 4) is 23.0 Å². The van der Waals surface area contributed by atoms with Gasteiger partial charge in [0, 0.05) is 87.1 Å². The molecule has 2 aromatic carbocycles. The van der Waals surface area contributed by atoms with Crippen LogP contribution < -0.4 is 28.7 Å². The van der Waals surface area contributed by atoms with E-state index in [4.69, 9.17) is 18.9 Å². The van der Waals surface area contributed by atoms with Crippen LogP contribution in [-0.2, 0) is 9.59 Å². The largest absolute Gasteiger partial charge is 0.493 e. The van der Waals surface area contributed by atoms with Gasteiger partial charge in [0.2, 0.25) is 11.8 Å². The van der Waals surface area contributed by atoms with Crippen molar-refractivity contribution in [2.75, 3.05) is 77.5 Å². The van der Waals surface area contributed by atoms with Crippen molar-refractivity contribution in [1.29, 1.82) is 0 Å². The molecule has 14 nitrogen and oxygen atoms in total. The van der Waals surface area contributed by atoms with Crippen LogP contribution in [0.4, 0.5) is 11.4 Å². The number of aromatic nitrogens is 4. The highest BCUT2D eigenvalue weighted by atomic mass is 16.5. The van der Waals surface area contributed by atoms with Crippen LogP contribution in [0.15, 0.2) is 36.7 Å². The average molecular weight is 741 g/mol. The van der Waals surface area contributed by atoms with Crippen molar-refractivity contribution in [2.45, 2.75) is 76.3 Å². The second-order valence-corrected chi connectivity index (χ2v) is 14.5. The maximum Gasteiger partial charge on any atom is 0.222 e. The minimum Gasteiger partial charge on any atom is -0.493 e. The van der Waals surface area contributed by atoms with E-state index >= 15 is 0 Å². The Balaban J connectivity index is 0.000000167. The third-order valence-electron chi connectivity index (χ3n) is 11.3. The number of amides is 2. The molecule has 2 amide bonds. The van der Waals surface area contributed by atoms with Gasteiger partial charge in [-0.2, -0.15) is 20.4 Å². The van der Waals surface area contributed by atoms with E-state index in [1.165, 1.54) is 0 Å². The SMILES string of the molecule is COc1cc2nncc(N3CCC[C@@H](N4CCCCC4=O)C3)c2cc1OC.COc1cc2nncc(N3CCC[C@H](N4CCCCC4=O)C3)c2cc1OC. The van der Waals surface area contributed by atoms with E-state index in [2.05, 4.69) is 40.0 Å². The number of fused-ring (bicyclic) bond motifs is 2. The van der Waals surface area contributed by atoms with Crippen LogP contribution in [0.25, 0.3) is 21.8 Å². The Labute approximate surface area is 316 Å². The molecule has 4 fully saturated rings. The molecule has 6 heterocycles. The molecule has 0 unspecified atom stereocenters. The summed E-state index contributed by atoms with van der Waals surface area (Å²) < 4.78 is 21.7. The molecule has 4 aromatic rings. The summed E-state index contributed by atoms with van der Waals surface area (Å²) in [6.07, 6.45) is 13.5. The van der Waals surface area contributed by atoms with Crippen molar-refractivity contribution >= 4 is 45.0 Å². The van der Waals surface area contributed by atoms with Crippen molar-refractivity contribution in [3.63, 3.8) is 0 Å². The standard InChI is InChI=1S/2C20H26N4O3/c2*1-26-18-10-15-16(11-19(18)27-2)22-21-12-17(15)23-8-5-6-14(13-23)24-9-4-3-7-20(24)25/h2*10-12,14H,3-9,13H2,1-2H3/t2*14-/m10/s1. The molecule has 14 heteroatoms. The average Bonchev–Trinajstić information content (AvgIpc) is 3.22. The molecule has 0 spiro atoms. The van der Waals surface area contributed by atoms with Gasteiger partial charge in [-0.05, 0) is 63.5 Å². The summed E-state index contributed by atoms with van der Waals surface area (Å²) in [7, 11) is 6.51. The van der Waals surface area contributed by atoms with Gasteiger partial charge in [-0.3, -0.25) is 9.59 Å². The smallest absolute Gasteiger partial charge is 0.222 e. The minimum absolute atomic E-state index is 0.273. The Hall–Kier alpha value is -5.14. The van der Waals surface area contributed by atoms with Crippen LogP contribution in [0.2, 0.25) is 0 Å². The third kappa shape index (κ3) is 7.74. The number of anilines is 2. The van der Waals surface area contributed by atoms with Crippen molar-refractivity contribution in [3.05, 3.63) is 36.7 Å². The van der Waals surface area contributed by atoms with Gasteiger partial charge < -0.3 is 38.5 Å². The molecule has 4 aliphatic heterocycles. The maximum absolute atomic E-state index is 12.4. The predicted molar refractivity (Wildman–Crippen MR) is 207 cm³/mol. The molecule has 0 bridgehead atoms. The Bertz CT molecular complexity index is 1820. The van der Waals surface area contributed by atoms with E-state index in [1.807, 2.05) is 36.7 Å². The van der Waals surface area contributed by atoms with Crippen molar-refractivity contribution < 1.29 is 28.5 Å². The molecule has 2 aromatic heterocycles. The van der Waals surface area contributed by atoms with E-state index in [0.29, 0.717) is 47.7 Å². The Kier molecular flexibility index (Phi) is 11.6. The van der Waals surface area contributed by atoms with Gasteiger partial charge in [0.25, 0.3) is 0 Å². The van der Waals surface area contributed by atoms with Gasteiger partial charge in [-0.15, -0.1) is 0 Å². The van der Waals surface area contributed by atoms with Gasteiger partial charge in [0.05, 0.1) is 63.2 Å². The second-order valence-electron chi connectivity index (χ2n) is 14.5. The monoisotopic (exact) mass is 740 g/mol. The summed E-state index contributed by atoms with van der Waals surface area (Å²) in [4.78, 5) is 33.6. The van der Waals surface area contributed by atoms with Crippen molar-refractivity contribution in [2.24, 2.45) is 0 Å². The number of carbonyl (C=O) groups is 2. The van der Waals surface area contributed by atoms with Gasteiger partial charge in [-0.1, -0.05) is 0 Å². The molecular weight excluding hydrogens is 688 g/mol. The summed E-state index contributed by atoms with van der Waals surface area (Å²) in [6.45, 7) is 5.35. The van der Waals surface area contributed by atoms with Gasteiger partial charge in [0.1, 0.15) is 0 Å². The Morgan fingerprint density at radius 3 is 1.33 bits per heavy atom. The molecular formula is C40H52N8O6. The lowest BCUT2D eigenvalue weighted by Crippen LogP contribution is -2.51. The number of piperidine rings is 4. The van der Waals surface area contributed by atoms with Crippen LogP contribution in [0.5, 0.6) is 23.0 Å². The van der Waals surface area contributed by atoms with Gasteiger partial charge >= 0.3 is 0 Å². The Morgan fingerprint density at radius 2 is 0.944 bits per heavy atom. The van der Waals surface area contributed by atoms with E-state index in [-0.39, 0.29) is 12.1 Å². The number of hydrogen-bond acceptors (Lipinski definition) is 12. The lowest BCUT2D eigenvalue weighted by molar-refractivity contribution is -0.136. The fourth-order valence-electron chi connectivity index (χ4n) is 8.53. The normalized spacial score (nSPS) is 20.8. The lowest BCUT2D eigenvalue weighted by atomic mass is 9.99. The molecule has 54 heavy (non-hydrogen) atoms. The fraction of sp³-hybridized carbons (Fsp3) is 0.550. The highest BCUT2D eigenvalue weighted by molar-refractivity contribution is 5.94. The first-order valence-electron chi connectivity index (χ1n) is 19.3. The predicted octanol–water partition coefficient (Wildman–Crippen LogP) is 5.26. The molecule has 0 aliphatic carbocycles. The molecule has 4 aliphatic rings. The number of carbonyl (C=O) groups excluding carboxylic acids is 2. The summed E-state index contributed by atoms with van der Waals surface area (Å²) >= 11 is 0. The number of ether oxygens (including phenoxy) is 4. The van der Waals surface area contributed by atoms with Crippen molar-refractivity contribution in [1.82, 2.24) is 30.2 Å². The number of nitrogens with zero attached hydrogens (tertiary/aromatic N) is 8. The lowest BCUT2D eigenvalue weighted by Gasteiger charge is -2.42. The third-order valence-corrected chi connectivity index (χ3v) is 11.3. The number of rotatable bonds is 8. The summed E-state index contributed by atoms with van der Waals surface area (Å²) in [5.41, 5.74) is 3.63. The zero-order valence-electron chi connectivity index (χ0n) is 32.0. The number of hydrogen-bond donors (Lipinski definition) is 0. The van der Waals surface area contributed by atoms with E-state index in [9.17, 15) is 9.59 Å².